The summed E-state index contributed by atoms with van der Waals surface area (Å²) in [6, 6.07) is 12.6. The summed E-state index contributed by atoms with van der Waals surface area (Å²) < 4.78 is 34.8. The quantitative estimate of drug-likeness (QED) is 0.154. The molecule has 2 unspecified atom stereocenters. The van der Waals surface area contributed by atoms with Gasteiger partial charge in [0.1, 0.15) is 0 Å². The lowest BCUT2D eigenvalue weighted by Gasteiger charge is -2.35. The van der Waals surface area contributed by atoms with Crippen molar-refractivity contribution in [2.24, 2.45) is 11.8 Å². The van der Waals surface area contributed by atoms with Crippen molar-refractivity contribution in [3.63, 3.8) is 0 Å². The van der Waals surface area contributed by atoms with Crippen LogP contribution in [-0.4, -0.2) is 69.2 Å². The summed E-state index contributed by atoms with van der Waals surface area (Å²) in [6.45, 7) is 8.32. The number of rotatable bonds is 14. The third-order valence-electron chi connectivity index (χ3n) is 7.14. The third-order valence-corrected chi connectivity index (χ3v) is 8.64. The predicted octanol–water partition coefficient (Wildman–Crippen LogP) is 3.43. The molecular formula is C29H42N4O6S. The van der Waals surface area contributed by atoms with Crippen LogP contribution in [0.25, 0.3) is 0 Å². The fourth-order valence-corrected chi connectivity index (χ4v) is 6.15. The molecule has 1 heterocycles. The number of hydrogen-bond donors (Lipinski definition) is 4. The highest BCUT2D eigenvalue weighted by Crippen LogP contribution is 2.22. The summed E-state index contributed by atoms with van der Waals surface area (Å²) in [4.78, 5) is 27.3. The average Bonchev–Trinajstić information content (AvgIpc) is 2.94. The zero-order valence-electron chi connectivity index (χ0n) is 23.6. The van der Waals surface area contributed by atoms with Gasteiger partial charge in [0.2, 0.25) is 15.9 Å². The van der Waals surface area contributed by atoms with Crippen molar-refractivity contribution < 1.29 is 28.0 Å². The molecule has 220 valence electrons. The Bertz CT molecular complexity index is 1200. The van der Waals surface area contributed by atoms with E-state index in [1.54, 1.807) is 31.5 Å². The molecule has 4 N–H and O–H groups in total. The predicted molar refractivity (Wildman–Crippen MR) is 154 cm³/mol. The van der Waals surface area contributed by atoms with E-state index in [0.29, 0.717) is 37.6 Å². The third kappa shape index (κ3) is 9.10. The highest BCUT2D eigenvalue weighted by molar-refractivity contribution is 7.89. The number of benzene rings is 2. The van der Waals surface area contributed by atoms with E-state index in [1.807, 2.05) is 17.0 Å². The van der Waals surface area contributed by atoms with Gasteiger partial charge in [0.25, 0.3) is 5.91 Å². The lowest BCUT2D eigenvalue weighted by atomic mass is 9.88. The number of aryl methyl sites for hydroxylation is 1. The second-order valence-electron chi connectivity index (χ2n) is 10.5. The number of carbonyl (C=O) groups excluding carboxylic acids is 2. The Morgan fingerprint density at radius 2 is 1.65 bits per heavy atom. The number of hydrogen-bond acceptors (Lipinski definition) is 7. The van der Waals surface area contributed by atoms with E-state index in [2.05, 4.69) is 17.0 Å². The maximum atomic E-state index is 13.4. The van der Waals surface area contributed by atoms with Crippen LogP contribution < -0.4 is 15.5 Å². The number of sulfonamides is 1. The van der Waals surface area contributed by atoms with Crippen molar-refractivity contribution in [3.05, 3.63) is 59.7 Å². The van der Waals surface area contributed by atoms with E-state index in [4.69, 9.17) is 4.74 Å². The molecule has 11 heteroatoms. The van der Waals surface area contributed by atoms with Gasteiger partial charge in [0.05, 0.1) is 24.0 Å². The molecular weight excluding hydrogens is 532 g/mol. The van der Waals surface area contributed by atoms with Gasteiger partial charge in [0.15, 0.2) is 0 Å². The number of nitrogens with zero attached hydrogens (tertiary/aromatic N) is 1. The van der Waals surface area contributed by atoms with E-state index >= 15 is 0 Å². The molecule has 0 spiro atoms. The van der Waals surface area contributed by atoms with Crippen molar-refractivity contribution in [1.82, 2.24) is 15.1 Å². The summed E-state index contributed by atoms with van der Waals surface area (Å²) in [5, 5.41) is 12.1. The van der Waals surface area contributed by atoms with Crippen molar-refractivity contribution in [1.29, 1.82) is 0 Å². The van der Waals surface area contributed by atoms with Crippen LogP contribution in [0, 0.1) is 11.8 Å². The van der Waals surface area contributed by atoms with Gasteiger partial charge in [-0.25, -0.2) is 18.6 Å². The van der Waals surface area contributed by atoms with E-state index < -0.39 is 27.9 Å². The Kier molecular flexibility index (Phi) is 12.1. The summed E-state index contributed by atoms with van der Waals surface area (Å²) in [5.41, 5.74) is 3.85. The van der Waals surface area contributed by atoms with Crippen LogP contribution in [0.5, 0.6) is 0 Å². The van der Waals surface area contributed by atoms with Crippen molar-refractivity contribution in [3.8, 4) is 0 Å². The number of amides is 2. The van der Waals surface area contributed by atoms with E-state index in [1.165, 1.54) is 36.2 Å². The fraction of sp³-hybridized carbons (Fsp3) is 0.517. The van der Waals surface area contributed by atoms with Crippen molar-refractivity contribution in [2.75, 3.05) is 38.2 Å². The first-order valence-electron chi connectivity index (χ1n) is 13.9. The average molecular weight is 575 g/mol. The van der Waals surface area contributed by atoms with Gasteiger partial charge in [0, 0.05) is 36.9 Å². The van der Waals surface area contributed by atoms with Crippen LogP contribution in [0.15, 0.2) is 53.4 Å². The Balaban J connectivity index is 1.70. The van der Waals surface area contributed by atoms with Gasteiger partial charge in [-0.15, -0.1) is 0 Å². The molecule has 3 rings (SSSR count). The molecule has 0 saturated carbocycles. The monoisotopic (exact) mass is 574 g/mol. The fourth-order valence-electron chi connectivity index (χ4n) is 4.90. The molecule has 1 saturated heterocycles. The Morgan fingerprint density at radius 1 is 1.00 bits per heavy atom. The number of ether oxygens (including phenoxy) is 1. The number of hydroxylamine groups is 1. The Morgan fingerprint density at radius 3 is 2.23 bits per heavy atom. The standard InChI is InChI=1S/C29H42N4O6S/c1-4-5-6-7-22-8-10-23(11-9-22)28(34)30-24-12-14-25(15-13-24)40(37,38)32-26(20-33-16-18-39-19-17-33)27(21(2)3)29(35)31-36/h8-15,21,26-27,32,36H,4-7,16-20H2,1-3H3,(H,30,34)(H,31,35). The molecule has 1 fully saturated rings. The smallest absolute Gasteiger partial charge is 0.255 e. The SMILES string of the molecule is CCCCCc1ccc(C(=O)Nc2ccc(S(=O)(=O)NC(CN3CCOCC3)C(C(=O)NO)C(C)C)cc2)cc1. The van der Waals surface area contributed by atoms with Gasteiger partial charge < -0.3 is 10.1 Å². The Labute approximate surface area is 237 Å². The topological polar surface area (TPSA) is 137 Å². The molecule has 0 aromatic heterocycles. The minimum absolute atomic E-state index is 0.000761. The second-order valence-corrected chi connectivity index (χ2v) is 12.2. The molecule has 2 aromatic carbocycles. The first kappa shape index (κ1) is 31.7. The molecule has 0 aliphatic carbocycles. The maximum absolute atomic E-state index is 13.4. The van der Waals surface area contributed by atoms with Gasteiger partial charge in [-0.1, -0.05) is 45.7 Å². The number of anilines is 1. The largest absolute Gasteiger partial charge is 0.379 e. The lowest BCUT2D eigenvalue weighted by Crippen LogP contribution is -2.54. The van der Waals surface area contributed by atoms with Gasteiger partial charge in [-0.2, -0.15) is 0 Å². The molecule has 1 aliphatic heterocycles. The Hall–Kier alpha value is -2.83. The lowest BCUT2D eigenvalue weighted by molar-refractivity contribution is -0.136. The minimum atomic E-state index is -4.02. The molecule has 2 atom stereocenters. The normalized spacial score (nSPS) is 15.9. The van der Waals surface area contributed by atoms with Crippen molar-refractivity contribution >= 4 is 27.5 Å². The minimum Gasteiger partial charge on any atom is -0.379 e. The first-order valence-corrected chi connectivity index (χ1v) is 15.4. The van der Waals surface area contributed by atoms with Crippen LogP contribution in [0.3, 0.4) is 0 Å². The summed E-state index contributed by atoms with van der Waals surface area (Å²) in [6.07, 6.45) is 4.43. The molecule has 40 heavy (non-hydrogen) atoms. The van der Waals surface area contributed by atoms with Crippen molar-refractivity contribution in [2.45, 2.75) is 57.4 Å². The number of carbonyl (C=O) groups is 2. The first-order chi connectivity index (χ1) is 19.1. The second kappa shape index (κ2) is 15.2. The highest BCUT2D eigenvalue weighted by atomic mass is 32.2. The number of nitrogens with one attached hydrogen (secondary N) is 3. The zero-order chi connectivity index (χ0) is 29.1. The molecule has 0 bridgehead atoms. The van der Waals surface area contributed by atoms with E-state index in [0.717, 1.165) is 19.3 Å². The molecule has 2 amide bonds. The molecule has 2 aromatic rings. The van der Waals surface area contributed by atoms with E-state index in [9.17, 15) is 23.2 Å². The van der Waals surface area contributed by atoms with Crippen LogP contribution >= 0.6 is 0 Å². The number of unbranched alkanes of at least 4 members (excludes halogenated alkanes) is 2. The number of morpholine rings is 1. The zero-order valence-corrected chi connectivity index (χ0v) is 24.4. The van der Waals surface area contributed by atoms with Gasteiger partial charge in [-0.3, -0.25) is 19.7 Å². The summed E-state index contributed by atoms with van der Waals surface area (Å²) in [5.74, 6) is -1.99. The molecule has 10 nitrogen and oxygen atoms in total. The van der Waals surface area contributed by atoms with Gasteiger partial charge >= 0.3 is 0 Å². The maximum Gasteiger partial charge on any atom is 0.255 e. The summed E-state index contributed by atoms with van der Waals surface area (Å²) in [7, 11) is -4.02. The van der Waals surface area contributed by atoms with E-state index in [-0.39, 0.29) is 23.3 Å². The van der Waals surface area contributed by atoms with Gasteiger partial charge in [-0.05, 0) is 60.7 Å². The molecule has 1 aliphatic rings. The van der Waals surface area contributed by atoms with Crippen LogP contribution in [0.2, 0.25) is 0 Å². The molecule has 0 radical (unpaired) electrons. The highest BCUT2D eigenvalue weighted by Gasteiger charge is 2.35. The van der Waals surface area contributed by atoms with Crippen LogP contribution in [-0.2, 0) is 26.0 Å². The summed E-state index contributed by atoms with van der Waals surface area (Å²) >= 11 is 0. The van der Waals surface area contributed by atoms with Crippen LogP contribution in [0.1, 0.15) is 56.0 Å². The van der Waals surface area contributed by atoms with Crippen LogP contribution in [0.4, 0.5) is 5.69 Å².